The highest BCUT2D eigenvalue weighted by atomic mass is 16.7. The molecular formula is C9H5NO4. The lowest BCUT2D eigenvalue weighted by molar-refractivity contribution is -0.151. The van der Waals surface area contributed by atoms with E-state index in [0.29, 0.717) is 5.06 Å². The van der Waals surface area contributed by atoms with Crippen molar-refractivity contribution in [2.24, 2.45) is 0 Å². The van der Waals surface area contributed by atoms with Crippen molar-refractivity contribution >= 4 is 18.3 Å². The number of carbonyl (C=O) groups is 3. The van der Waals surface area contributed by atoms with E-state index >= 15 is 0 Å². The molecule has 0 radical (unpaired) electrons. The lowest BCUT2D eigenvalue weighted by atomic mass is 10.1. The minimum absolute atomic E-state index is 0.0433. The molecule has 1 heterocycles. The van der Waals surface area contributed by atoms with Gasteiger partial charge in [-0.15, -0.1) is 0 Å². The summed E-state index contributed by atoms with van der Waals surface area (Å²) < 4.78 is 0. The standard InChI is InChI=1S/C9H5NO4/c11-5-14-10-8(12)6-3-1-2-4-7(6)9(10)13/h1-5H. The normalized spacial score (nSPS) is 14.1. The average Bonchev–Trinajstić information content (AvgIpc) is 2.45. The van der Waals surface area contributed by atoms with Gasteiger partial charge in [-0.25, -0.2) is 0 Å². The van der Waals surface area contributed by atoms with Crippen LogP contribution in [-0.4, -0.2) is 23.3 Å². The molecule has 1 aliphatic heterocycles. The van der Waals surface area contributed by atoms with Crippen LogP contribution in [0.3, 0.4) is 0 Å². The zero-order chi connectivity index (χ0) is 10.1. The van der Waals surface area contributed by atoms with Gasteiger partial charge in [0.25, 0.3) is 11.8 Å². The van der Waals surface area contributed by atoms with Gasteiger partial charge in [-0.3, -0.25) is 14.4 Å². The first-order chi connectivity index (χ1) is 6.75. The van der Waals surface area contributed by atoms with Gasteiger partial charge >= 0.3 is 6.47 Å². The summed E-state index contributed by atoms with van der Waals surface area (Å²) in [7, 11) is 0. The van der Waals surface area contributed by atoms with Gasteiger partial charge in [0.2, 0.25) is 0 Å². The Balaban J connectivity index is 2.48. The molecule has 0 fully saturated rings. The maximum Gasteiger partial charge on any atom is 0.321 e. The smallest absolute Gasteiger partial charge is 0.321 e. The third-order valence-electron chi connectivity index (χ3n) is 1.91. The second kappa shape index (κ2) is 2.95. The third kappa shape index (κ3) is 0.990. The van der Waals surface area contributed by atoms with Crippen molar-refractivity contribution in [1.29, 1.82) is 0 Å². The van der Waals surface area contributed by atoms with Gasteiger partial charge in [0.15, 0.2) is 0 Å². The van der Waals surface area contributed by atoms with E-state index in [4.69, 9.17) is 0 Å². The summed E-state index contributed by atoms with van der Waals surface area (Å²) in [6.45, 7) is 0.0433. The number of imide groups is 1. The van der Waals surface area contributed by atoms with Gasteiger partial charge in [-0.2, -0.15) is 0 Å². The molecule has 0 aliphatic carbocycles. The summed E-state index contributed by atoms with van der Waals surface area (Å²) >= 11 is 0. The van der Waals surface area contributed by atoms with Crippen LogP contribution in [0, 0.1) is 0 Å². The molecule has 0 saturated heterocycles. The molecule has 2 rings (SSSR count). The highest BCUT2D eigenvalue weighted by Crippen LogP contribution is 2.21. The molecule has 0 N–H and O–H groups in total. The highest BCUT2D eigenvalue weighted by Gasteiger charge is 2.37. The topological polar surface area (TPSA) is 63.7 Å². The molecule has 0 bridgehead atoms. The molecule has 14 heavy (non-hydrogen) atoms. The van der Waals surface area contributed by atoms with Crippen LogP contribution in [-0.2, 0) is 9.63 Å². The summed E-state index contributed by atoms with van der Waals surface area (Å²) in [5, 5.41) is 0.442. The Bertz CT molecular complexity index is 392. The molecule has 5 nitrogen and oxygen atoms in total. The first-order valence-electron chi connectivity index (χ1n) is 3.84. The molecule has 1 aromatic rings. The lowest BCUT2D eigenvalue weighted by Crippen LogP contribution is -2.29. The van der Waals surface area contributed by atoms with Crippen LogP contribution < -0.4 is 0 Å². The molecule has 1 aromatic carbocycles. The quantitative estimate of drug-likeness (QED) is 0.500. The number of benzene rings is 1. The van der Waals surface area contributed by atoms with E-state index < -0.39 is 11.8 Å². The molecule has 0 aromatic heterocycles. The van der Waals surface area contributed by atoms with Crippen molar-refractivity contribution in [3.05, 3.63) is 35.4 Å². The van der Waals surface area contributed by atoms with Crippen molar-refractivity contribution in [2.75, 3.05) is 0 Å². The minimum atomic E-state index is -0.613. The molecule has 1 aliphatic rings. The lowest BCUT2D eigenvalue weighted by Gasteiger charge is -2.07. The van der Waals surface area contributed by atoms with Crippen LogP contribution in [0.25, 0.3) is 0 Å². The fourth-order valence-electron chi connectivity index (χ4n) is 1.31. The summed E-state index contributed by atoms with van der Waals surface area (Å²) in [5.74, 6) is -1.23. The van der Waals surface area contributed by atoms with Gasteiger partial charge in [0, 0.05) is 0 Å². The van der Waals surface area contributed by atoms with Crippen molar-refractivity contribution in [3.63, 3.8) is 0 Å². The number of nitrogens with zero attached hydrogens (tertiary/aromatic N) is 1. The zero-order valence-electron chi connectivity index (χ0n) is 6.97. The summed E-state index contributed by atoms with van der Waals surface area (Å²) in [5.41, 5.74) is 0.499. The molecule has 0 unspecified atom stereocenters. The van der Waals surface area contributed by atoms with Gasteiger partial charge in [-0.1, -0.05) is 17.2 Å². The van der Waals surface area contributed by atoms with E-state index in [9.17, 15) is 14.4 Å². The average molecular weight is 191 g/mol. The van der Waals surface area contributed by atoms with Crippen LogP contribution in [0.5, 0.6) is 0 Å². The summed E-state index contributed by atoms with van der Waals surface area (Å²) in [4.78, 5) is 37.1. The minimum Gasteiger partial charge on any atom is -0.333 e. The third-order valence-corrected chi connectivity index (χ3v) is 1.91. The Hall–Kier alpha value is -2.17. The fraction of sp³-hybridized carbons (Fsp3) is 0. The predicted molar refractivity (Wildman–Crippen MR) is 44.1 cm³/mol. The Labute approximate surface area is 78.8 Å². The number of hydrogen-bond acceptors (Lipinski definition) is 4. The molecular weight excluding hydrogens is 186 g/mol. The fourth-order valence-corrected chi connectivity index (χ4v) is 1.31. The van der Waals surface area contributed by atoms with Crippen molar-refractivity contribution in [1.82, 2.24) is 5.06 Å². The van der Waals surface area contributed by atoms with Crippen molar-refractivity contribution in [2.45, 2.75) is 0 Å². The monoisotopic (exact) mass is 191 g/mol. The maximum absolute atomic E-state index is 11.4. The number of amides is 2. The Morgan fingerprint density at radius 1 is 1.07 bits per heavy atom. The van der Waals surface area contributed by atoms with Crippen LogP contribution in [0.4, 0.5) is 0 Å². The summed E-state index contributed by atoms with van der Waals surface area (Å²) in [6, 6.07) is 6.27. The number of hydrogen-bond donors (Lipinski definition) is 0. The van der Waals surface area contributed by atoms with E-state index in [1.54, 1.807) is 12.1 Å². The Kier molecular flexibility index (Phi) is 1.78. The molecule has 2 amide bonds. The molecule has 70 valence electrons. The molecule has 0 spiro atoms. The molecule has 5 heteroatoms. The van der Waals surface area contributed by atoms with Gasteiger partial charge in [0.1, 0.15) is 0 Å². The maximum atomic E-state index is 11.4. The van der Waals surface area contributed by atoms with E-state index in [-0.39, 0.29) is 17.6 Å². The molecule has 0 atom stereocenters. The summed E-state index contributed by atoms with van der Waals surface area (Å²) in [6.07, 6.45) is 0. The van der Waals surface area contributed by atoms with E-state index in [2.05, 4.69) is 4.84 Å². The van der Waals surface area contributed by atoms with Crippen LogP contribution in [0.2, 0.25) is 0 Å². The number of hydroxylamine groups is 2. The largest absolute Gasteiger partial charge is 0.333 e. The van der Waals surface area contributed by atoms with Crippen molar-refractivity contribution < 1.29 is 19.2 Å². The van der Waals surface area contributed by atoms with Gasteiger partial charge in [0.05, 0.1) is 11.1 Å². The van der Waals surface area contributed by atoms with Crippen molar-refractivity contribution in [3.8, 4) is 0 Å². The first kappa shape index (κ1) is 8.43. The second-order valence-electron chi connectivity index (χ2n) is 2.65. The zero-order valence-corrected chi connectivity index (χ0v) is 6.97. The van der Waals surface area contributed by atoms with E-state index in [1.807, 2.05) is 0 Å². The van der Waals surface area contributed by atoms with Gasteiger partial charge in [-0.05, 0) is 12.1 Å². The van der Waals surface area contributed by atoms with Crippen LogP contribution >= 0.6 is 0 Å². The second-order valence-corrected chi connectivity index (χ2v) is 2.65. The SMILES string of the molecule is O=CON1C(=O)c2ccccc2C1=O. The Morgan fingerprint density at radius 2 is 1.57 bits per heavy atom. The molecule has 0 saturated carbocycles. The highest BCUT2D eigenvalue weighted by molar-refractivity contribution is 6.20. The van der Waals surface area contributed by atoms with Gasteiger partial charge < -0.3 is 4.84 Å². The Morgan fingerprint density at radius 3 is 2.00 bits per heavy atom. The van der Waals surface area contributed by atoms with Crippen LogP contribution in [0.15, 0.2) is 24.3 Å². The number of fused-ring (bicyclic) bond motifs is 1. The number of carbonyl (C=O) groups excluding carboxylic acids is 3. The number of rotatable bonds is 2. The van der Waals surface area contributed by atoms with E-state index in [1.165, 1.54) is 12.1 Å². The van der Waals surface area contributed by atoms with E-state index in [0.717, 1.165) is 0 Å². The predicted octanol–water partition coefficient (Wildman–Crippen LogP) is 0.371. The van der Waals surface area contributed by atoms with Crippen LogP contribution in [0.1, 0.15) is 20.7 Å². The first-order valence-corrected chi connectivity index (χ1v) is 3.84.